The Balaban J connectivity index is 2.03. The Hall–Kier alpha value is -1.62. The van der Waals surface area contributed by atoms with Crippen molar-refractivity contribution in [2.45, 2.75) is 25.8 Å². The lowest BCUT2D eigenvalue weighted by molar-refractivity contribution is -0.143. The van der Waals surface area contributed by atoms with Crippen LogP contribution in [0.4, 0.5) is 4.39 Å². The van der Waals surface area contributed by atoms with Crippen molar-refractivity contribution in [3.05, 3.63) is 29.6 Å². The van der Waals surface area contributed by atoms with Crippen molar-refractivity contribution in [2.24, 2.45) is 5.92 Å². The zero-order chi connectivity index (χ0) is 14.7. The van der Waals surface area contributed by atoms with Gasteiger partial charge in [-0.25, -0.2) is 4.39 Å². The van der Waals surface area contributed by atoms with Crippen LogP contribution >= 0.6 is 0 Å². The van der Waals surface area contributed by atoms with Gasteiger partial charge in [-0.1, -0.05) is 6.07 Å². The summed E-state index contributed by atoms with van der Waals surface area (Å²) in [4.78, 5) is 13.1. The Morgan fingerprint density at radius 2 is 2.10 bits per heavy atom. The van der Waals surface area contributed by atoms with E-state index in [1.54, 1.807) is 6.07 Å². The van der Waals surface area contributed by atoms with Crippen molar-refractivity contribution in [1.82, 2.24) is 4.90 Å². The molecule has 1 aromatic rings. The number of carboxylic acids is 1. The lowest BCUT2D eigenvalue weighted by atomic mass is 9.95. The molecule has 0 aliphatic carbocycles. The Morgan fingerprint density at radius 3 is 2.60 bits per heavy atom. The molecule has 5 heteroatoms. The maximum absolute atomic E-state index is 13.7. The third kappa shape index (κ3) is 3.10. The smallest absolute Gasteiger partial charge is 0.306 e. The highest BCUT2D eigenvalue weighted by Crippen LogP contribution is 2.29. The summed E-state index contributed by atoms with van der Waals surface area (Å²) < 4.78 is 18.6. The number of benzene rings is 1. The van der Waals surface area contributed by atoms with E-state index in [9.17, 15) is 9.18 Å². The van der Waals surface area contributed by atoms with Crippen LogP contribution in [0.15, 0.2) is 18.2 Å². The largest absolute Gasteiger partial charge is 0.494 e. The molecule has 1 N–H and O–H groups in total. The number of carboxylic acid groups (broad SMARTS) is 1. The average Bonchev–Trinajstić information content (AvgIpc) is 2.46. The summed E-state index contributed by atoms with van der Waals surface area (Å²) in [7, 11) is 1.44. The van der Waals surface area contributed by atoms with Crippen molar-refractivity contribution in [2.75, 3.05) is 20.2 Å². The molecule has 0 amide bonds. The third-order valence-corrected chi connectivity index (χ3v) is 4.08. The molecule has 1 atom stereocenters. The number of nitrogens with zero attached hydrogens (tertiary/aromatic N) is 1. The predicted molar refractivity (Wildman–Crippen MR) is 73.3 cm³/mol. The lowest BCUT2D eigenvalue weighted by Gasteiger charge is -2.35. The van der Waals surface area contributed by atoms with Gasteiger partial charge in [-0.15, -0.1) is 0 Å². The fraction of sp³-hybridized carbons (Fsp3) is 0.533. The standard InChI is InChI=1S/C15H20FNO3/c1-10(12-3-4-14(20-2)13(16)9-12)17-7-5-11(6-8-17)15(18)19/h3-4,9-11H,5-8H2,1-2H3,(H,18,19). The van der Waals surface area contributed by atoms with Crippen LogP contribution in [0.5, 0.6) is 5.75 Å². The molecule has 1 aliphatic heterocycles. The van der Waals surface area contributed by atoms with Gasteiger partial charge >= 0.3 is 5.97 Å². The van der Waals surface area contributed by atoms with E-state index in [1.165, 1.54) is 13.2 Å². The summed E-state index contributed by atoms with van der Waals surface area (Å²) in [5, 5.41) is 8.99. The number of hydrogen-bond donors (Lipinski definition) is 1. The van der Waals surface area contributed by atoms with Crippen molar-refractivity contribution in [1.29, 1.82) is 0 Å². The molecule has 2 rings (SSSR count). The molecular formula is C15H20FNO3. The molecule has 20 heavy (non-hydrogen) atoms. The molecule has 0 spiro atoms. The quantitative estimate of drug-likeness (QED) is 0.922. The Kier molecular flexibility index (Phi) is 4.60. The first-order valence-electron chi connectivity index (χ1n) is 6.83. The van der Waals surface area contributed by atoms with Gasteiger partial charge in [-0.05, 0) is 50.6 Å². The SMILES string of the molecule is COc1ccc(C(C)N2CCC(C(=O)O)CC2)cc1F. The van der Waals surface area contributed by atoms with Gasteiger partial charge in [0.05, 0.1) is 13.0 Å². The van der Waals surface area contributed by atoms with Gasteiger partial charge in [0.15, 0.2) is 11.6 Å². The Labute approximate surface area is 118 Å². The number of carbonyl (C=O) groups is 1. The lowest BCUT2D eigenvalue weighted by Crippen LogP contribution is -2.37. The molecule has 0 bridgehead atoms. The molecule has 4 nitrogen and oxygen atoms in total. The van der Waals surface area contributed by atoms with Gasteiger partial charge in [-0.2, -0.15) is 0 Å². The molecule has 1 heterocycles. The van der Waals surface area contributed by atoms with E-state index in [2.05, 4.69) is 4.90 Å². The van der Waals surface area contributed by atoms with Crippen molar-refractivity contribution in [3.8, 4) is 5.75 Å². The van der Waals surface area contributed by atoms with Crippen LogP contribution in [0.25, 0.3) is 0 Å². The normalized spacial score (nSPS) is 18.8. The second-order valence-corrected chi connectivity index (χ2v) is 5.22. The molecule has 1 aliphatic rings. The van der Waals surface area contributed by atoms with Crippen molar-refractivity contribution < 1.29 is 19.0 Å². The minimum atomic E-state index is -0.715. The van der Waals surface area contributed by atoms with Crippen molar-refractivity contribution >= 4 is 5.97 Å². The molecule has 0 aromatic heterocycles. The number of likely N-dealkylation sites (tertiary alicyclic amines) is 1. The third-order valence-electron chi connectivity index (χ3n) is 4.08. The van der Waals surface area contributed by atoms with Gasteiger partial charge in [0.2, 0.25) is 0 Å². The first kappa shape index (κ1) is 14.8. The van der Waals surface area contributed by atoms with E-state index >= 15 is 0 Å². The fourth-order valence-corrected chi connectivity index (χ4v) is 2.69. The molecule has 0 radical (unpaired) electrons. The van der Waals surface area contributed by atoms with Crippen LogP contribution in [-0.4, -0.2) is 36.2 Å². The number of aliphatic carboxylic acids is 1. The molecule has 1 aromatic carbocycles. The van der Waals surface area contributed by atoms with Gasteiger partial charge in [0, 0.05) is 6.04 Å². The van der Waals surface area contributed by atoms with E-state index in [-0.39, 0.29) is 23.5 Å². The molecule has 110 valence electrons. The van der Waals surface area contributed by atoms with E-state index in [0.29, 0.717) is 12.8 Å². The van der Waals surface area contributed by atoms with Crippen molar-refractivity contribution in [3.63, 3.8) is 0 Å². The molecule has 0 saturated carbocycles. The fourth-order valence-electron chi connectivity index (χ4n) is 2.69. The maximum Gasteiger partial charge on any atom is 0.306 e. The summed E-state index contributed by atoms with van der Waals surface area (Å²) in [5.74, 6) is -1.08. The Morgan fingerprint density at radius 1 is 1.45 bits per heavy atom. The van der Waals surface area contributed by atoms with Crippen LogP contribution in [0.3, 0.4) is 0 Å². The van der Waals surface area contributed by atoms with Crippen LogP contribution in [0.1, 0.15) is 31.4 Å². The molecule has 1 unspecified atom stereocenters. The van der Waals surface area contributed by atoms with Crippen LogP contribution in [0.2, 0.25) is 0 Å². The molecule has 1 saturated heterocycles. The van der Waals surface area contributed by atoms with Gasteiger partial charge in [0.25, 0.3) is 0 Å². The van der Waals surface area contributed by atoms with Gasteiger partial charge in [-0.3, -0.25) is 9.69 Å². The van der Waals surface area contributed by atoms with Crippen LogP contribution < -0.4 is 4.74 Å². The minimum absolute atomic E-state index is 0.0742. The highest BCUT2D eigenvalue weighted by Gasteiger charge is 2.27. The predicted octanol–water partition coefficient (Wildman–Crippen LogP) is 2.69. The number of ether oxygens (including phenoxy) is 1. The number of hydrogen-bond acceptors (Lipinski definition) is 3. The summed E-state index contributed by atoms with van der Waals surface area (Å²) in [6.45, 7) is 3.47. The van der Waals surface area contributed by atoms with E-state index in [0.717, 1.165) is 18.7 Å². The monoisotopic (exact) mass is 281 g/mol. The second kappa shape index (κ2) is 6.22. The van der Waals surface area contributed by atoms with Crippen LogP contribution in [-0.2, 0) is 4.79 Å². The first-order chi connectivity index (χ1) is 9.52. The van der Waals surface area contributed by atoms with E-state index < -0.39 is 5.97 Å². The van der Waals surface area contributed by atoms with E-state index in [4.69, 9.17) is 9.84 Å². The topological polar surface area (TPSA) is 49.8 Å². The first-order valence-corrected chi connectivity index (χ1v) is 6.83. The average molecular weight is 281 g/mol. The van der Waals surface area contributed by atoms with Gasteiger partial charge < -0.3 is 9.84 Å². The number of halogens is 1. The maximum atomic E-state index is 13.7. The zero-order valence-corrected chi connectivity index (χ0v) is 11.8. The highest BCUT2D eigenvalue weighted by atomic mass is 19.1. The number of piperidine rings is 1. The summed E-state index contributed by atoms with van der Waals surface area (Å²) in [5.41, 5.74) is 0.886. The second-order valence-electron chi connectivity index (χ2n) is 5.22. The Bertz CT molecular complexity index is 484. The van der Waals surface area contributed by atoms with E-state index in [1.807, 2.05) is 13.0 Å². The zero-order valence-electron chi connectivity index (χ0n) is 11.8. The molecular weight excluding hydrogens is 261 g/mol. The summed E-state index contributed by atoms with van der Waals surface area (Å²) >= 11 is 0. The minimum Gasteiger partial charge on any atom is -0.494 e. The summed E-state index contributed by atoms with van der Waals surface area (Å²) in [6.07, 6.45) is 1.30. The highest BCUT2D eigenvalue weighted by molar-refractivity contribution is 5.70. The number of methoxy groups -OCH3 is 1. The molecule has 1 fully saturated rings. The van der Waals surface area contributed by atoms with Crippen LogP contribution in [0, 0.1) is 11.7 Å². The number of rotatable bonds is 4. The summed E-state index contributed by atoms with van der Waals surface area (Å²) in [6, 6.07) is 5.05. The van der Waals surface area contributed by atoms with Gasteiger partial charge in [0.1, 0.15) is 0 Å².